The Morgan fingerprint density at radius 2 is 2.05 bits per heavy atom. The van der Waals surface area contributed by atoms with Gasteiger partial charge in [-0.05, 0) is 38.1 Å². The summed E-state index contributed by atoms with van der Waals surface area (Å²) in [5, 5.41) is 7.12. The Balaban J connectivity index is 2.28. The molecule has 1 aromatic carbocycles. The Labute approximate surface area is 112 Å². The lowest BCUT2D eigenvalue weighted by atomic mass is 10.3. The molecule has 5 nitrogen and oxygen atoms in total. The molecule has 0 aliphatic heterocycles. The molecule has 1 amide bonds. The number of carbonyl (C=O) groups excluding carboxylic acids is 1. The predicted molar refractivity (Wildman–Crippen MR) is 73.8 cm³/mol. The van der Waals surface area contributed by atoms with Gasteiger partial charge < -0.3 is 10.1 Å². The molecule has 0 saturated heterocycles. The Morgan fingerprint density at radius 1 is 1.37 bits per heavy atom. The number of ether oxygens (including phenoxy) is 1. The average Bonchev–Trinajstić information content (AvgIpc) is 2.71. The molecule has 0 saturated carbocycles. The third kappa shape index (κ3) is 3.13. The van der Waals surface area contributed by atoms with Crippen molar-refractivity contribution in [3.63, 3.8) is 0 Å². The van der Waals surface area contributed by atoms with E-state index in [9.17, 15) is 4.79 Å². The molecule has 0 aliphatic rings. The molecule has 19 heavy (non-hydrogen) atoms. The van der Waals surface area contributed by atoms with E-state index in [1.807, 2.05) is 44.2 Å². The Hall–Kier alpha value is -2.30. The van der Waals surface area contributed by atoms with Crippen LogP contribution in [0.4, 0.5) is 5.69 Å². The number of rotatable bonds is 4. The van der Waals surface area contributed by atoms with Crippen LogP contribution in [0.25, 0.3) is 5.69 Å². The molecule has 2 rings (SSSR count). The first kappa shape index (κ1) is 13.1. The van der Waals surface area contributed by atoms with Crippen LogP contribution in [0.5, 0.6) is 5.88 Å². The first-order valence-electron chi connectivity index (χ1n) is 6.17. The van der Waals surface area contributed by atoms with E-state index in [-0.39, 0.29) is 5.91 Å². The van der Waals surface area contributed by atoms with Gasteiger partial charge in [0.25, 0.3) is 0 Å². The number of aryl methyl sites for hydroxylation is 1. The summed E-state index contributed by atoms with van der Waals surface area (Å²) in [4.78, 5) is 11.0. The molecule has 0 aliphatic carbocycles. The van der Waals surface area contributed by atoms with Gasteiger partial charge in [0.1, 0.15) is 0 Å². The van der Waals surface area contributed by atoms with E-state index in [1.54, 1.807) is 4.68 Å². The van der Waals surface area contributed by atoms with E-state index in [1.165, 1.54) is 6.92 Å². The van der Waals surface area contributed by atoms with Gasteiger partial charge in [0, 0.05) is 18.7 Å². The Morgan fingerprint density at radius 3 is 2.63 bits per heavy atom. The van der Waals surface area contributed by atoms with Crippen LogP contribution in [-0.4, -0.2) is 22.3 Å². The molecular weight excluding hydrogens is 242 g/mol. The summed E-state index contributed by atoms with van der Waals surface area (Å²) in [6, 6.07) is 9.35. The summed E-state index contributed by atoms with van der Waals surface area (Å²) in [5.41, 5.74) is 2.55. The normalized spacial score (nSPS) is 10.3. The summed E-state index contributed by atoms with van der Waals surface area (Å²) >= 11 is 0. The Kier molecular flexibility index (Phi) is 3.85. The van der Waals surface area contributed by atoms with Crippen LogP contribution in [0.3, 0.4) is 0 Å². The summed E-state index contributed by atoms with van der Waals surface area (Å²) in [7, 11) is 0. The van der Waals surface area contributed by atoms with Gasteiger partial charge in [-0.2, -0.15) is 5.10 Å². The fourth-order valence-corrected chi connectivity index (χ4v) is 1.80. The summed E-state index contributed by atoms with van der Waals surface area (Å²) in [6.07, 6.45) is 0. The zero-order chi connectivity index (χ0) is 13.8. The number of aromatic nitrogens is 2. The van der Waals surface area contributed by atoms with Crippen LogP contribution in [0.1, 0.15) is 19.5 Å². The highest BCUT2D eigenvalue weighted by molar-refractivity contribution is 5.88. The summed E-state index contributed by atoms with van der Waals surface area (Å²) in [5.74, 6) is 0.630. The zero-order valence-electron chi connectivity index (χ0n) is 11.3. The van der Waals surface area contributed by atoms with Crippen LogP contribution in [0, 0.1) is 6.92 Å². The first-order chi connectivity index (χ1) is 9.10. The maximum Gasteiger partial charge on any atom is 0.221 e. The van der Waals surface area contributed by atoms with Gasteiger partial charge in [0.05, 0.1) is 18.0 Å². The monoisotopic (exact) mass is 259 g/mol. The standard InChI is InChI=1S/C14H17N3O2/c1-4-19-14-9-10(2)16-17(14)13-7-5-12(6-8-13)15-11(3)18/h5-9H,4H2,1-3H3,(H,15,18). The van der Waals surface area contributed by atoms with Crippen molar-refractivity contribution >= 4 is 11.6 Å². The van der Waals surface area contributed by atoms with Crippen molar-refractivity contribution in [3.8, 4) is 11.6 Å². The molecule has 100 valence electrons. The van der Waals surface area contributed by atoms with Gasteiger partial charge >= 0.3 is 0 Å². The van der Waals surface area contributed by atoms with E-state index < -0.39 is 0 Å². The highest BCUT2D eigenvalue weighted by atomic mass is 16.5. The maximum atomic E-state index is 11.0. The van der Waals surface area contributed by atoms with Crippen LogP contribution < -0.4 is 10.1 Å². The van der Waals surface area contributed by atoms with Crippen LogP contribution in [-0.2, 0) is 4.79 Å². The van der Waals surface area contributed by atoms with Crippen molar-refractivity contribution in [2.75, 3.05) is 11.9 Å². The molecule has 1 aromatic heterocycles. The minimum Gasteiger partial charge on any atom is -0.478 e. The molecule has 0 atom stereocenters. The smallest absolute Gasteiger partial charge is 0.221 e. The summed E-state index contributed by atoms with van der Waals surface area (Å²) < 4.78 is 7.28. The van der Waals surface area contributed by atoms with Crippen molar-refractivity contribution in [1.29, 1.82) is 0 Å². The first-order valence-corrected chi connectivity index (χ1v) is 6.17. The van der Waals surface area contributed by atoms with Crippen molar-refractivity contribution in [2.24, 2.45) is 0 Å². The molecule has 1 heterocycles. The van der Waals surface area contributed by atoms with E-state index >= 15 is 0 Å². The largest absolute Gasteiger partial charge is 0.478 e. The summed E-state index contributed by atoms with van der Waals surface area (Å²) in [6.45, 7) is 5.93. The molecule has 1 N–H and O–H groups in total. The number of nitrogens with one attached hydrogen (secondary N) is 1. The lowest BCUT2D eigenvalue weighted by Gasteiger charge is -2.08. The number of benzene rings is 1. The molecule has 0 radical (unpaired) electrons. The topological polar surface area (TPSA) is 56.1 Å². The second-order valence-corrected chi connectivity index (χ2v) is 4.20. The molecule has 0 bridgehead atoms. The van der Waals surface area contributed by atoms with Gasteiger partial charge in [0.2, 0.25) is 11.8 Å². The number of nitrogens with zero attached hydrogens (tertiary/aromatic N) is 2. The van der Waals surface area contributed by atoms with Crippen LogP contribution in [0.15, 0.2) is 30.3 Å². The number of hydrogen-bond donors (Lipinski definition) is 1. The molecule has 0 unspecified atom stereocenters. The van der Waals surface area contributed by atoms with Crippen LogP contribution in [0.2, 0.25) is 0 Å². The van der Waals surface area contributed by atoms with Crippen molar-refractivity contribution < 1.29 is 9.53 Å². The highest BCUT2D eigenvalue weighted by Gasteiger charge is 2.08. The molecule has 0 fully saturated rings. The fourth-order valence-electron chi connectivity index (χ4n) is 1.80. The SMILES string of the molecule is CCOc1cc(C)nn1-c1ccc(NC(C)=O)cc1. The van der Waals surface area contributed by atoms with E-state index in [2.05, 4.69) is 10.4 Å². The second-order valence-electron chi connectivity index (χ2n) is 4.20. The van der Waals surface area contributed by atoms with Gasteiger partial charge in [0.15, 0.2) is 0 Å². The average molecular weight is 259 g/mol. The van der Waals surface area contributed by atoms with E-state index in [0.717, 1.165) is 17.1 Å². The number of hydrogen-bond acceptors (Lipinski definition) is 3. The Bertz CT molecular complexity index is 573. The molecular formula is C14H17N3O2. The molecule has 5 heteroatoms. The van der Waals surface area contributed by atoms with Gasteiger partial charge in [-0.1, -0.05) is 0 Å². The molecule has 2 aromatic rings. The van der Waals surface area contributed by atoms with E-state index in [4.69, 9.17) is 4.74 Å². The second kappa shape index (κ2) is 5.56. The zero-order valence-corrected chi connectivity index (χ0v) is 11.3. The lowest BCUT2D eigenvalue weighted by molar-refractivity contribution is -0.114. The minimum atomic E-state index is -0.0855. The van der Waals surface area contributed by atoms with Crippen molar-refractivity contribution in [1.82, 2.24) is 9.78 Å². The van der Waals surface area contributed by atoms with Gasteiger partial charge in [-0.15, -0.1) is 0 Å². The molecule has 0 spiro atoms. The number of anilines is 1. The highest BCUT2D eigenvalue weighted by Crippen LogP contribution is 2.20. The third-order valence-corrected chi connectivity index (χ3v) is 2.52. The van der Waals surface area contributed by atoms with Crippen LogP contribution >= 0.6 is 0 Å². The van der Waals surface area contributed by atoms with Gasteiger partial charge in [-0.3, -0.25) is 4.79 Å². The minimum absolute atomic E-state index is 0.0855. The predicted octanol–water partition coefficient (Wildman–Crippen LogP) is 2.54. The third-order valence-electron chi connectivity index (χ3n) is 2.52. The number of carbonyl (C=O) groups is 1. The maximum absolute atomic E-state index is 11.0. The van der Waals surface area contributed by atoms with Crippen molar-refractivity contribution in [2.45, 2.75) is 20.8 Å². The van der Waals surface area contributed by atoms with Crippen molar-refractivity contribution in [3.05, 3.63) is 36.0 Å². The van der Waals surface area contributed by atoms with Gasteiger partial charge in [-0.25, -0.2) is 4.68 Å². The fraction of sp³-hybridized carbons (Fsp3) is 0.286. The number of amides is 1. The quantitative estimate of drug-likeness (QED) is 0.918. The lowest BCUT2D eigenvalue weighted by Crippen LogP contribution is -2.06. The van der Waals surface area contributed by atoms with E-state index in [0.29, 0.717) is 12.5 Å².